The summed E-state index contributed by atoms with van der Waals surface area (Å²) in [5.74, 6) is 2.66. The number of aromatic nitrogens is 2. The van der Waals surface area contributed by atoms with Gasteiger partial charge < -0.3 is 24.6 Å². The van der Waals surface area contributed by atoms with E-state index in [4.69, 9.17) is 21.1 Å². The number of nitrogens with one attached hydrogen (secondary N) is 1. The first-order chi connectivity index (χ1) is 17.0. The van der Waals surface area contributed by atoms with Crippen LogP contribution in [-0.4, -0.2) is 79.4 Å². The first-order valence-electron chi connectivity index (χ1n) is 11.7. The molecule has 188 valence electrons. The van der Waals surface area contributed by atoms with Crippen LogP contribution in [0.25, 0.3) is 0 Å². The highest BCUT2D eigenvalue weighted by atomic mass is 35.5. The van der Waals surface area contributed by atoms with E-state index in [1.807, 2.05) is 23.1 Å². The molecule has 0 unspecified atom stereocenters. The second-order valence-electron chi connectivity index (χ2n) is 8.50. The van der Waals surface area contributed by atoms with Crippen molar-refractivity contribution in [2.45, 2.75) is 24.4 Å². The lowest BCUT2D eigenvalue weighted by atomic mass is 10.1. The lowest BCUT2D eigenvalue weighted by Gasteiger charge is -2.35. The molecule has 0 atom stereocenters. The predicted molar refractivity (Wildman–Crippen MR) is 136 cm³/mol. The Kier molecular flexibility index (Phi) is 8.56. The number of piperazine rings is 1. The molecule has 0 radical (unpaired) electrons. The Morgan fingerprint density at radius 1 is 1.09 bits per heavy atom. The molecule has 1 saturated heterocycles. The summed E-state index contributed by atoms with van der Waals surface area (Å²) in [5.41, 5.74) is 1.04. The number of carbonyl (C=O) groups excluding carboxylic acids is 2. The molecule has 2 aliphatic rings. The van der Waals surface area contributed by atoms with Crippen LogP contribution < -0.4 is 19.7 Å². The number of hydrogen-bond donors (Lipinski definition) is 1. The Labute approximate surface area is 214 Å². The van der Waals surface area contributed by atoms with Crippen LogP contribution in [-0.2, 0) is 16.0 Å². The summed E-state index contributed by atoms with van der Waals surface area (Å²) < 4.78 is 10.6. The van der Waals surface area contributed by atoms with Crippen LogP contribution in [0.3, 0.4) is 0 Å². The summed E-state index contributed by atoms with van der Waals surface area (Å²) in [6.07, 6.45) is 2.71. The first kappa shape index (κ1) is 25.4. The highest BCUT2D eigenvalue weighted by Gasteiger charge is 2.34. The van der Waals surface area contributed by atoms with Gasteiger partial charge in [-0.1, -0.05) is 29.4 Å². The van der Waals surface area contributed by atoms with E-state index in [2.05, 4.69) is 20.2 Å². The van der Waals surface area contributed by atoms with E-state index in [1.54, 1.807) is 20.3 Å². The maximum absolute atomic E-state index is 12.3. The van der Waals surface area contributed by atoms with Gasteiger partial charge in [-0.3, -0.25) is 9.59 Å². The Morgan fingerprint density at radius 2 is 1.83 bits per heavy atom. The van der Waals surface area contributed by atoms with Crippen molar-refractivity contribution in [3.05, 3.63) is 35.0 Å². The summed E-state index contributed by atoms with van der Waals surface area (Å²) >= 11 is 7.49. The number of benzene rings is 1. The molecule has 2 heterocycles. The quantitative estimate of drug-likeness (QED) is 0.291. The van der Waals surface area contributed by atoms with Crippen molar-refractivity contribution in [2.75, 3.05) is 57.6 Å². The fourth-order valence-electron chi connectivity index (χ4n) is 3.92. The third-order valence-corrected chi connectivity index (χ3v) is 7.06. The molecule has 1 N–H and O–H groups in total. The third-order valence-electron chi connectivity index (χ3n) is 6.02. The molecule has 0 spiro atoms. The second kappa shape index (κ2) is 11.8. The smallest absolute Gasteiger partial charge is 0.230 e. The van der Waals surface area contributed by atoms with Crippen LogP contribution >= 0.6 is 23.4 Å². The SMILES string of the molecule is COc1ccc(CCNC(=O)CSc2nc(Cl)cc(N3CCN(C(=O)C4CC4)CC3)n2)cc1OC. The molecule has 2 amide bonds. The van der Waals surface area contributed by atoms with Crippen molar-refractivity contribution in [1.82, 2.24) is 20.2 Å². The maximum Gasteiger partial charge on any atom is 0.230 e. The zero-order valence-corrected chi connectivity index (χ0v) is 21.5. The van der Waals surface area contributed by atoms with E-state index >= 15 is 0 Å². The maximum atomic E-state index is 12.3. The molecule has 35 heavy (non-hydrogen) atoms. The van der Waals surface area contributed by atoms with Crippen LogP contribution in [0.1, 0.15) is 18.4 Å². The monoisotopic (exact) mass is 519 g/mol. The molecule has 4 rings (SSSR count). The number of methoxy groups -OCH3 is 2. The van der Waals surface area contributed by atoms with Gasteiger partial charge in [0.1, 0.15) is 11.0 Å². The molecule has 9 nitrogen and oxygen atoms in total. The van der Waals surface area contributed by atoms with Gasteiger partial charge in [0.05, 0.1) is 20.0 Å². The van der Waals surface area contributed by atoms with Crippen molar-refractivity contribution >= 4 is 41.0 Å². The Balaban J connectivity index is 1.23. The zero-order chi connectivity index (χ0) is 24.8. The number of thioether (sulfide) groups is 1. The van der Waals surface area contributed by atoms with Gasteiger partial charge in [0.25, 0.3) is 0 Å². The van der Waals surface area contributed by atoms with Gasteiger partial charge in [0.2, 0.25) is 11.8 Å². The number of ether oxygens (including phenoxy) is 2. The first-order valence-corrected chi connectivity index (χ1v) is 13.0. The molecular weight excluding hydrogens is 490 g/mol. The number of hydrogen-bond acceptors (Lipinski definition) is 8. The van der Waals surface area contributed by atoms with Crippen molar-refractivity contribution in [3.8, 4) is 11.5 Å². The van der Waals surface area contributed by atoms with E-state index in [0.717, 1.165) is 24.2 Å². The topological polar surface area (TPSA) is 96.9 Å². The van der Waals surface area contributed by atoms with Crippen LogP contribution in [0.4, 0.5) is 5.82 Å². The van der Waals surface area contributed by atoms with Crippen LogP contribution in [0, 0.1) is 5.92 Å². The summed E-state index contributed by atoms with van der Waals surface area (Å²) in [6.45, 7) is 3.27. The van der Waals surface area contributed by atoms with Crippen LogP contribution in [0.2, 0.25) is 5.15 Å². The molecular formula is C24H30ClN5O4S. The van der Waals surface area contributed by atoms with Gasteiger partial charge in [-0.25, -0.2) is 9.97 Å². The number of amides is 2. The van der Waals surface area contributed by atoms with Gasteiger partial charge in [-0.2, -0.15) is 0 Å². The van der Waals surface area contributed by atoms with Crippen molar-refractivity contribution in [3.63, 3.8) is 0 Å². The number of rotatable bonds is 10. The number of nitrogens with zero attached hydrogens (tertiary/aromatic N) is 4. The predicted octanol–water partition coefficient (Wildman–Crippen LogP) is 2.66. The fraction of sp³-hybridized carbons (Fsp3) is 0.500. The zero-order valence-electron chi connectivity index (χ0n) is 20.0. The fourth-order valence-corrected chi connectivity index (χ4v) is 4.83. The molecule has 2 fully saturated rings. The van der Waals surface area contributed by atoms with E-state index in [-0.39, 0.29) is 23.5 Å². The van der Waals surface area contributed by atoms with Gasteiger partial charge in [-0.05, 0) is 37.0 Å². The molecule has 1 saturated carbocycles. The average molecular weight is 520 g/mol. The van der Waals surface area contributed by atoms with E-state index in [0.29, 0.717) is 61.0 Å². The molecule has 1 aromatic heterocycles. The van der Waals surface area contributed by atoms with Gasteiger partial charge >= 0.3 is 0 Å². The normalized spacial score (nSPS) is 15.6. The molecule has 2 aromatic rings. The second-order valence-corrected chi connectivity index (χ2v) is 9.83. The molecule has 1 aromatic carbocycles. The van der Waals surface area contributed by atoms with Gasteiger partial charge in [0, 0.05) is 44.7 Å². The van der Waals surface area contributed by atoms with Gasteiger partial charge in [0.15, 0.2) is 16.7 Å². The lowest BCUT2D eigenvalue weighted by molar-refractivity contribution is -0.132. The number of carbonyl (C=O) groups is 2. The highest BCUT2D eigenvalue weighted by molar-refractivity contribution is 7.99. The van der Waals surface area contributed by atoms with Crippen molar-refractivity contribution in [1.29, 1.82) is 0 Å². The average Bonchev–Trinajstić information content (AvgIpc) is 3.72. The third kappa shape index (κ3) is 6.91. The summed E-state index contributed by atoms with van der Waals surface area (Å²) in [4.78, 5) is 37.5. The molecule has 11 heteroatoms. The Bertz CT molecular complexity index is 1060. The molecule has 1 aliphatic carbocycles. The van der Waals surface area contributed by atoms with Crippen LogP contribution in [0.15, 0.2) is 29.4 Å². The Morgan fingerprint density at radius 3 is 2.51 bits per heavy atom. The summed E-state index contributed by atoms with van der Waals surface area (Å²) in [6, 6.07) is 7.44. The standard InChI is InChI=1S/C24H30ClN5O4S/c1-33-18-6-3-16(13-19(18)34-2)7-8-26-22(31)15-35-24-27-20(25)14-21(28-24)29-9-11-30(12-10-29)23(32)17-4-5-17/h3,6,13-14,17H,4-5,7-12,15H2,1-2H3,(H,26,31). The summed E-state index contributed by atoms with van der Waals surface area (Å²) in [5, 5.41) is 3.71. The van der Waals surface area contributed by atoms with Crippen molar-refractivity contribution < 1.29 is 19.1 Å². The minimum atomic E-state index is -0.104. The highest BCUT2D eigenvalue weighted by Crippen LogP contribution is 2.32. The lowest BCUT2D eigenvalue weighted by Crippen LogP contribution is -2.49. The minimum Gasteiger partial charge on any atom is -0.493 e. The Hall–Kier alpha value is -2.72. The molecule has 1 aliphatic heterocycles. The van der Waals surface area contributed by atoms with Gasteiger partial charge in [-0.15, -0.1) is 0 Å². The number of anilines is 1. The van der Waals surface area contributed by atoms with E-state index < -0.39 is 0 Å². The largest absolute Gasteiger partial charge is 0.493 e. The van der Waals surface area contributed by atoms with E-state index in [9.17, 15) is 9.59 Å². The summed E-state index contributed by atoms with van der Waals surface area (Å²) in [7, 11) is 3.19. The van der Waals surface area contributed by atoms with Crippen LogP contribution in [0.5, 0.6) is 11.5 Å². The van der Waals surface area contributed by atoms with Crippen molar-refractivity contribution in [2.24, 2.45) is 5.92 Å². The number of halogens is 1. The minimum absolute atomic E-state index is 0.104. The van der Waals surface area contributed by atoms with E-state index in [1.165, 1.54) is 11.8 Å². The molecule has 0 bridgehead atoms.